The van der Waals surface area contributed by atoms with Crippen LogP contribution in [0.5, 0.6) is 5.75 Å². The van der Waals surface area contributed by atoms with Crippen LogP contribution >= 0.6 is 35.3 Å². The summed E-state index contributed by atoms with van der Waals surface area (Å²) in [5, 5.41) is 3.63. The van der Waals surface area contributed by atoms with Crippen molar-refractivity contribution in [2.24, 2.45) is 5.92 Å². The van der Waals surface area contributed by atoms with E-state index in [1.54, 1.807) is 23.7 Å². The number of rotatable bonds is 6. The van der Waals surface area contributed by atoms with Gasteiger partial charge in [-0.05, 0) is 24.1 Å². The molecule has 0 saturated heterocycles. The van der Waals surface area contributed by atoms with Crippen LogP contribution in [0.15, 0.2) is 36.0 Å². The maximum atomic E-state index is 6.19. The van der Waals surface area contributed by atoms with E-state index in [1.807, 2.05) is 23.6 Å². The highest BCUT2D eigenvalue weighted by molar-refractivity contribution is 7.10. The van der Waals surface area contributed by atoms with Crippen LogP contribution < -0.4 is 4.74 Å². The van der Waals surface area contributed by atoms with Crippen molar-refractivity contribution >= 4 is 46.6 Å². The molecule has 1 aromatic carbocycles. The van der Waals surface area contributed by atoms with E-state index in [0.717, 1.165) is 22.0 Å². The highest BCUT2D eigenvalue weighted by Crippen LogP contribution is 2.28. The summed E-state index contributed by atoms with van der Waals surface area (Å²) < 4.78 is 5.94. The van der Waals surface area contributed by atoms with E-state index in [1.165, 1.54) is 0 Å². The predicted molar refractivity (Wildman–Crippen MR) is 115 cm³/mol. The molecule has 9 heteroatoms. The van der Waals surface area contributed by atoms with Gasteiger partial charge >= 0.3 is 0 Å². The third kappa shape index (κ3) is 4.60. The maximum Gasteiger partial charge on any atom is 0.197 e. The first kappa shape index (κ1) is 20.5. The SMILES string of the molecule is CC(C)COc1ccc(Cl)cc1Cc1nc(-c2nc3nccnc3[nH]2)cs1.Cl. The number of aromatic amines is 1. The van der Waals surface area contributed by atoms with Crippen LogP contribution in [0.2, 0.25) is 5.02 Å². The van der Waals surface area contributed by atoms with Crippen LogP contribution in [0.3, 0.4) is 0 Å². The standard InChI is InChI=1S/C19H18ClN5OS.ClH/c1-11(2)9-26-15-4-3-13(20)7-12(15)8-16-23-14(10-27-16)17-24-18-19(25-17)22-6-5-21-18;/h3-7,10-11H,8-9H2,1-2H3,(H,21,22,24,25);1H. The third-order valence-corrected chi connectivity index (χ3v) is 4.95. The summed E-state index contributed by atoms with van der Waals surface area (Å²) in [6.07, 6.45) is 3.90. The first-order chi connectivity index (χ1) is 13.1. The molecule has 3 aromatic heterocycles. The molecule has 0 spiro atoms. The smallest absolute Gasteiger partial charge is 0.197 e. The molecule has 0 radical (unpaired) electrons. The number of nitrogens with zero attached hydrogens (tertiary/aromatic N) is 4. The molecule has 4 rings (SSSR count). The number of H-pyrrole nitrogens is 1. The lowest BCUT2D eigenvalue weighted by molar-refractivity contribution is 0.269. The van der Waals surface area contributed by atoms with Crippen LogP contribution in [-0.4, -0.2) is 31.5 Å². The van der Waals surface area contributed by atoms with Crippen molar-refractivity contribution in [2.75, 3.05) is 6.61 Å². The van der Waals surface area contributed by atoms with Crippen molar-refractivity contribution in [3.63, 3.8) is 0 Å². The number of ether oxygens (including phenoxy) is 1. The molecule has 3 heterocycles. The van der Waals surface area contributed by atoms with Crippen molar-refractivity contribution in [1.29, 1.82) is 0 Å². The number of thiazole rings is 1. The average Bonchev–Trinajstić information content (AvgIpc) is 3.27. The molecule has 0 aliphatic heterocycles. The molecule has 0 bridgehead atoms. The Kier molecular flexibility index (Phi) is 6.49. The maximum absolute atomic E-state index is 6.19. The van der Waals surface area contributed by atoms with Crippen LogP contribution in [0.25, 0.3) is 22.8 Å². The zero-order valence-corrected chi connectivity index (χ0v) is 17.7. The molecule has 0 aliphatic rings. The fraction of sp³-hybridized carbons (Fsp3) is 0.263. The Balaban J connectivity index is 0.00000225. The number of benzene rings is 1. The van der Waals surface area contributed by atoms with Crippen LogP contribution in [-0.2, 0) is 6.42 Å². The number of nitrogens with one attached hydrogen (secondary N) is 1. The minimum atomic E-state index is 0. The summed E-state index contributed by atoms with van der Waals surface area (Å²) in [6, 6.07) is 5.71. The highest BCUT2D eigenvalue weighted by Gasteiger charge is 2.13. The lowest BCUT2D eigenvalue weighted by Gasteiger charge is -2.13. The molecule has 0 aliphatic carbocycles. The fourth-order valence-corrected chi connectivity index (χ4v) is 3.61. The van der Waals surface area contributed by atoms with Crippen molar-refractivity contribution in [1.82, 2.24) is 24.9 Å². The Morgan fingerprint density at radius 1 is 1.18 bits per heavy atom. The Bertz CT molecular complexity index is 1050. The molecule has 4 aromatic rings. The number of halogens is 2. The summed E-state index contributed by atoms with van der Waals surface area (Å²) in [7, 11) is 0. The zero-order chi connectivity index (χ0) is 18.8. The van der Waals surface area contributed by atoms with Gasteiger partial charge in [-0.15, -0.1) is 23.7 Å². The molecule has 1 N–H and O–H groups in total. The molecule has 0 amide bonds. The molecule has 28 heavy (non-hydrogen) atoms. The molecular formula is C19H19Cl2N5OS. The van der Waals surface area contributed by atoms with E-state index < -0.39 is 0 Å². The van der Waals surface area contributed by atoms with Gasteiger partial charge in [0.1, 0.15) is 11.4 Å². The quantitative estimate of drug-likeness (QED) is 0.451. The highest BCUT2D eigenvalue weighted by atomic mass is 35.5. The van der Waals surface area contributed by atoms with E-state index in [-0.39, 0.29) is 12.4 Å². The van der Waals surface area contributed by atoms with Crippen molar-refractivity contribution in [2.45, 2.75) is 20.3 Å². The first-order valence-corrected chi connectivity index (χ1v) is 9.87. The molecule has 0 saturated carbocycles. The molecule has 0 atom stereocenters. The number of imidazole rings is 1. The summed E-state index contributed by atoms with van der Waals surface area (Å²) in [5.41, 5.74) is 3.04. The second-order valence-corrected chi connectivity index (χ2v) is 7.95. The van der Waals surface area contributed by atoms with E-state index in [2.05, 4.69) is 33.8 Å². The van der Waals surface area contributed by atoms with Crippen LogP contribution in [0, 0.1) is 5.92 Å². The summed E-state index contributed by atoms with van der Waals surface area (Å²) in [6.45, 7) is 4.91. The predicted octanol–water partition coefficient (Wildman–Crippen LogP) is 5.18. The van der Waals surface area contributed by atoms with Gasteiger partial charge in [-0.3, -0.25) is 0 Å². The lowest BCUT2D eigenvalue weighted by atomic mass is 10.1. The number of hydrogen-bond donors (Lipinski definition) is 1. The van der Waals surface area contributed by atoms with Crippen molar-refractivity contribution in [3.05, 3.63) is 51.6 Å². The van der Waals surface area contributed by atoms with Gasteiger partial charge < -0.3 is 9.72 Å². The van der Waals surface area contributed by atoms with Gasteiger partial charge in [0.2, 0.25) is 0 Å². The van der Waals surface area contributed by atoms with Crippen LogP contribution in [0.1, 0.15) is 24.4 Å². The van der Waals surface area contributed by atoms with Gasteiger partial charge in [0.15, 0.2) is 17.1 Å². The van der Waals surface area contributed by atoms with Gasteiger partial charge in [-0.25, -0.2) is 19.9 Å². The largest absolute Gasteiger partial charge is 0.493 e. The molecular weight excluding hydrogens is 417 g/mol. The number of fused-ring (bicyclic) bond motifs is 1. The Hall–Kier alpha value is -2.22. The van der Waals surface area contributed by atoms with Gasteiger partial charge in [-0.1, -0.05) is 25.4 Å². The van der Waals surface area contributed by atoms with Crippen molar-refractivity contribution in [3.8, 4) is 17.3 Å². The van der Waals surface area contributed by atoms with Crippen LogP contribution in [0.4, 0.5) is 0 Å². The first-order valence-electron chi connectivity index (χ1n) is 8.61. The van der Waals surface area contributed by atoms with E-state index >= 15 is 0 Å². The van der Waals surface area contributed by atoms with Gasteiger partial charge in [-0.2, -0.15) is 0 Å². The summed E-state index contributed by atoms with van der Waals surface area (Å²) in [5.74, 6) is 1.97. The number of hydrogen-bond acceptors (Lipinski definition) is 6. The van der Waals surface area contributed by atoms with Gasteiger partial charge in [0.25, 0.3) is 0 Å². The van der Waals surface area contributed by atoms with Gasteiger partial charge in [0, 0.05) is 34.8 Å². The monoisotopic (exact) mass is 435 g/mol. The third-order valence-electron chi connectivity index (χ3n) is 3.86. The second kappa shape index (κ2) is 8.86. The Morgan fingerprint density at radius 3 is 2.79 bits per heavy atom. The van der Waals surface area contributed by atoms with E-state index in [4.69, 9.17) is 21.3 Å². The topological polar surface area (TPSA) is 76.6 Å². The summed E-state index contributed by atoms with van der Waals surface area (Å²) >= 11 is 7.77. The van der Waals surface area contributed by atoms with E-state index in [0.29, 0.717) is 41.1 Å². The zero-order valence-electron chi connectivity index (χ0n) is 15.3. The second-order valence-electron chi connectivity index (χ2n) is 6.57. The number of aromatic nitrogens is 5. The minimum Gasteiger partial charge on any atom is -0.493 e. The molecule has 146 valence electrons. The molecule has 0 unspecified atom stereocenters. The van der Waals surface area contributed by atoms with E-state index in [9.17, 15) is 0 Å². The van der Waals surface area contributed by atoms with Crippen molar-refractivity contribution < 1.29 is 4.74 Å². The minimum absolute atomic E-state index is 0. The lowest BCUT2D eigenvalue weighted by Crippen LogP contribution is -2.06. The average molecular weight is 436 g/mol. The Morgan fingerprint density at radius 2 is 2.00 bits per heavy atom. The molecule has 0 fully saturated rings. The van der Waals surface area contributed by atoms with Gasteiger partial charge in [0.05, 0.1) is 11.6 Å². The molecule has 6 nitrogen and oxygen atoms in total. The fourth-order valence-electron chi connectivity index (χ4n) is 2.62. The summed E-state index contributed by atoms with van der Waals surface area (Å²) in [4.78, 5) is 20.7. The Labute approximate surface area is 177 Å². The normalized spacial score (nSPS) is 11.0.